The van der Waals surface area contributed by atoms with Crippen molar-refractivity contribution < 1.29 is 14.6 Å². The Hall–Kier alpha value is -0.870. The van der Waals surface area contributed by atoms with Gasteiger partial charge in [-0.25, -0.2) is 4.79 Å². The van der Waals surface area contributed by atoms with Gasteiger partial charge in [-0.1, -0.05) is 6.08 Å². The van der Waals surface area contributed by atoms with Crippen molar-refractivity contribution in [2.75, 3.05) is 26.3 Å². The number of aliphatic hydroxyl groups is 1. The normalized spacial score (nSPS) is 11.6. The standard InChI is InChI=1S/C11H21NO3/c1-4-15-11(14)6-5-7-12(8-9-13)10(2)3/h5-6,10,13H,4,7-9H2,1-3H3/b6-5+. The monoisotopic (exact) mass is 215 g/mol. The van der Waals surface area contributed by atoms with Crippen molar-refractivity contribution in [2.45, 2.75) is 26.8 Å². The smallest absolute Gasteiger partial charge is 0.330 e. The highest BCUT2D eigenvalue weighted by Crippen LogP contribution is 1.97. The van der Waals surface area contributed by atoms with Crippen molar-refractivity contribution in [3.63, 3.8) is 0 Å². The first kappa shape index (κ1) is 14.1. The van der Waals surface area contributed by atoms with E-state index in [-0.39, 0.29) is 12.6 Å². The van der Waals surface area contributed by atoms with Crippen LogP contribution in [0.3, 0.4) is 0 Å². The topological polar surface area (TPSA) is 49.8 Å². The molecule has 0 radical (unpaired) electrons. The van der Waals surface area contributed by atoms with E-state index in [9.17, 15) is 4.79 Å². The Morgan fingerprint density at radius 1 is 1.53 bits per heavy atom. The summed E-state index contributed by atoms with van der Waals surface area (Å²) in [4.78, 5) is 13.0. The molecule has 0 bridgehead atoms. The fourth-order valence-corrected chi connectivity index (χ4v) is 1.16. The molecular formula is C11H21NO3. The number of rotatable bonds is 7. The van der Waals surface area contributed by atoms with Crippen LogP contribution < -0.4 is 0 Å². The molecule has 0 saturated heterocycles. The molecule has 0 aromatic carbocycles. The average molecular weight is 215 g/mol. The minimum Gasteiger partial charge on any atom is -0.463 e. The van der Waals surface area contributed by atoms with E-state index < -0.39 is 0 Å². The number of hydrogen-bond donors (Lipinski definition) is 1. The van der Waals surface area contributed by atoms with Gasteiger partial charge >= 0.3 is 5.97 Å². The van der Waals surface area contributed by atoms with Crippen LogP contribution in [0.4, 0.5) is 0 Å². The van der Waals surface area contributed by atoms with Crippen LogP contribution >= 0.6 is 0 Å². The molecule has 4 heteroatoms. The fourth-order valence-electron chi connectivity index (χ4n) is 1.16. The average Bonchev–Trinajstić information content (AvgIpc) is 2.16. The molecule has 0 aliphatic carbocycles. The molecular weight excluding hydrogens is 194 g/mol. The Labute approximate surface area is 91.5 Å². The molecule has 0 aromatic heterocycles. The van der Waals surface area contributed by atoms with Crippen LogP contribution in [0.25, 0.3) is 0 Å². The number of carbonyl (C=O) groups excluding carboxylic acids is 1. The molecule has 0 atom stereocenters. The molecule has 0 spiro atoms. The van der Waals surface area contributed by atoms with Crippen molar-refractivity contribution in [1.82, 2.24) is 4.90 Å². The summed E-state index contributed by atoms with van der Waals surface area (Å²) in [6, 6.07) is 0.351. The Kier molecular flexibility index (Phi) is 7.95. The van der Waals surface area contributed by atoms with E-state index >= 15 is 0 Å². The van der Waals surface area contributed by atoms with Gasteiger partial charge in [-0.05, 0) is 20.8 Å². The number of esters is 1. The van der Waals surface area contributed by atoms with Gasteiger partial charge in [-0.15, -0.1) is 0 Å². The summed E-state index contributed by atoms with van der Waals surface area (Å²) in [7, 11) is 0. The number of hydrogen-bond acceptors (Lipinski definition) is 4. The molecule has 15 heavy (non-hydrogen) atoms. The lowest BCUT2D eigenvalue weighted by Crippen LogP contribution is -2.33. The highest BCUT2D eigenvalue weighted by molar-refractivity contribution is 5.81. The number of nitrogens with zero attached hydrogens (tertiary/aromatic N) is 1. The lowest BCUT2D eigenvalue weighted by molar-refractivity contribution is -0.137. The predicted molar refractivity (Wildman–Crippen MR) is 59.6 cm³/mol. The van der Waals surface area contributed by atoms with E-state index in [0.717, 1.165) is 0 Å². The molecule has 0 amide bonds. The van der Waals surface area contributed by atoms with Gasteiger partial charge in [0.2, 0.25) is 0 Å². The summed E-state index contributed by atoms with van der Waals surface area (Å²) in [5.74, 6) is -0.315. The zero-order chi connectivity index (χ0) is 11.7. The lowest BCUT2D eigenvalue weighted by atomic mass is 10.3. The van der Waals surface area contributed by atoms with Gasteiger partial charge in [0.25, 0.3) is 0 Å². The fraction of sp³-hybridized carbons (Fsp3) is 0.727. The first-order chi connectivity index (χ1) is 7.11. The first-order valence-electron chi connectivity index (χ1n) is 5.30. The molecule has 0 heterocycles. The number of aliphatic hydroxyl groups excluding tert-OH is 1. The van der Waals surface area contributed by atoms with E-state index in [1.165, 1.54) is 6.08 Å². The zero-order valence-corrected chi connectivity index (χ0v) is 9.77. The minimum absolute atomic E-state index is 0.130. The predicted octanol–water partition coefficient (Wildman–Crippen LogP) is 0.808. The third-order valence-corrected chi connectivity index (χ3v) is 2.00. The van der Waals surface area contributed by atoms with Gasteiger partial charge < -0.3 is 9.84 Å². The third-order valence-electron chi connectivity index (χ3n) is 2.00. The Morgan fingerprint density at radius 2 is 2.20 bits per heavy atom. The summed E-state index contributed by atoms with van der Waals surface area (Å²) in [5.41, 5.74) is 0. The number of ether oxygens (including phenoxy) is 1. The molecule has 4 nitrogen and oxygen atoms in total. The maximum Gasteiger partial charge on any atom is 0.330 e. The van der Waals surface area contributed by atoms with Crippen LogP contribution in [-0.4, -0.2) is 48.3 Å². The maximum atomic E-state index is 11.0. The van der Waals surface area contributed by atoms with E-state index in [4.69, 9.17) is 9.84 Å². The number of carbonyl (C=O) groups is 1. The van der Waals surface area contributed by atoms with Crippen molar-refractivity contribution in [2.24, 2.45) is 0 Å². The summed E-state index contributed by atoms with van der Waals surface area (Å²) < 4.78 is 4.75. The Bertz CT molecular complexity index is 202. The lowest BCUT2D eigenvalue weighted by Gasteiger charge is -2.23. The zero-order valence-electron chi connectivity index (χ0n) is 9.77. The second-order valence-electron chi connectivity index (χ2n) is 3.47. The van der Waals surface area contributed by atoms with Crippen molar-refractivity contribution in [3.05, 3.63) is 12.2 Å². The van der Waals surface area contributed by atoms with Gasteiger partial charge in [-0.3, -0.25) is 4.90 Å². The molecule has 0 aromatic rings. The first-order valence-corrected chi connectivity index (χ1v) is 5.30. The van der Waals surface area contributed by atoms with Crippen LogP contribution in [0, 0.1) is 0 Å². The summed E-state index contributed by atoms with van der Waals surface area (Å²) >= 11 is 0. The second kappa shape index (κ2) is 8.44. The van der Waals surface area contributed by atoms with Crippen molar-refractivity contribution in [1.29, 1.82) is 0 Å². The van der Waals surface area contributed by atoms with Gasteiger partial charge in [0.15, 0.2) is 0 Å². The maximum absolute atomic E-state index is 11.0. The van der Waals surface area contributed by atoms with Crippen LogP contribution in [0.1, 0.15) is 20.8 Å². The van der Waals surface area contributed by atoms with Crippen molar-refractivity contribution in [3.8, 4) is 0 Å². The molecule has 88 valence electrons. The molecule has 0 fully saturated rings. The molecule has 1 N–H and O–H groups in total. The molecule has 0 aliphatic heterocycles. The summed E-state index contributed by atoms with van der Waals surface area (Å²) in [5, 5.41) is 8.82. The van der Waals surface area contributed by atoms with Gasteiger partial charge in [0.1, 0.15) is 0 Å². The van der Waals surface area contributed by atoms with Crippen LogP contribution in [0.5, 0.6) is 0 Å². The molecule has 0 rings (SSSR count). The van der Waals surface area contributed by atoms with E-state index in [0.29, 0.717) is 25.7 Å². The molecule has 0 unspecified atom stereocenters. The Morgan fingerprint density at radius 3 is 2.67 bits per heavy atom. The van der Waals surface area contributed by atoms with E-state index in [1.54, 1.807) is 13.0 Å². The molecule has 0 saturated carbocycles. The summed E-state index contributed by atoms with van der Waals surface area (Å²) in [6.07, 6.45) is 3.18. The van der Waals surface area contributed by atoms with E-state index in [1.807, 2.05) is 13.8 Å². The van der Waals surface area contributed by atoms with Crippen LogP contribution in [-0.2, 0) is 9.53 Å². The summed E-state index contributed by atoms with van der Waals surface area (Å²) in [6.45, 7) is 7.67. The van der Waals surface area contributed by atoms with E-state index in [2.05, 4.69) is 4.90 Å². The van der Waals surface area contributed by atoms with Crippen LogP contribution in [0.2, 0.25) is 0 Å². The highest BCUT2D eigenvalue weighted by Gasteiger charge is 2.06. The van der Waals surface area contributed by atoms with Gasteiger partial charge in [0, 0.05) is 25.2 Å². The highest BCUT2D eigenvalue weighted by atomic mass is 16.5. The van der Waals surface area contributed by atoms with Crippen LogP contribution in [0.15, 0.2) is 12.2 Å². The van der Waals surface area contributed by atoms with Gasteiger partial charge in [-0.2, -0.15) is 0 Å². The Balaban J connectivity index is 3.92. The third kappa shape index (κ3) is 7.11. The molecule has 0 aliphatic rings. The SMILES string of the molecule is CCOC(=O)/C=C/CN(CCO)C(C)C. The minimum atomic E-state index is -0.315. The quantitative estimate of drug-likeness (QED) is 0.504. The largest absolute Gasteiger partial charge is 0.463 e. The van der Waals surface area contributed by atoms with Gasteiger partial charge in [0.05, 0.1) is 13.2 Å². The van der Waals surface area contributed by atoms with Crippen molar-refractivity contribution >= 4 is 5.97 Å². The second-order valence-corrected chi connectivity index (χ2v) is 3.47.